The van der Waals surface area contributed by atoms with Crippen LogP contribution in [0.5, 0.6) is 0 Å². The second-order valence-corrected chi connectivity index (χ2v) is 17.7. The van der Waals surface area contributed by atoms with Gasteiger partial charge in [0, 0.05) is 48.2 Å². The van der Waals surface area contributed by atoms with E-state index in [1.807, 2.05) is 63.4 Å². The van der Waals surface area contributed by atoms with Gasteiger partial charge in [-0.1, -0.05) is 23.5 Å². The molecule has 10 nitrogen and oxygen atoms in total. The minimum Gasteiger partial charge on any atom is -0.455 e. The topological polar surface area (TPSA) is 115 Å². The molecule has 4 aromatic heterocycles. The van der Waals surface area contributed by atoms with Crippen molar-refractivity contribution in [2.24, 2.45) is 23.2 Å². The molecule has 1 aromatic carbocycles. The molecule has 0 atom stereocenters. The van der Waals surface area contributed by atoms with Crippen molar-refractivity contribution < 1.29 is 14.3 Å². The van der Waals surface area contributed by atoms with E-state index in [9.17, 15) is 9.59 Å². The standard InChI is InChI=1S/C41H45N7O3S/c1-24-31(21-43-48(24)23-41-18-25-15-26(19-41)17-27(16-25)20-41)29-10-11-34(45-35(29)38(50)51-40(2,3)4)47-14-12-28-7-5-8-30(32(28)22-47)36(49)46-39-44-33-9-6-13-42-37(33)52-39/h5-11,13,21,25-27H,12,14-20,22-23H2,1-4H3,(H,44,46,49). The fourth-order valence-electron chi connectivity index (χ4n) is 9.97. The average molecular weight is 716 g/mol. The van der Waals surface area contributed by atoms with Crippen molar-refractivity contribution in [1.82, 2.24) is 24.7 Å². The number of carbonyl (C=O) groups excluding carboxylic acids is 2. The number of benzene rings is 1. The van der Waals surface area contributed by atoms with Gasteiger partial charge in [0.15, 0.2) is 10.8 Å². The fourth-order valence-corrected chi connectivity index (χ4v) is 10.8. The first kappa shape index (κ1) is 33.2. The summed E-state index contributed by atoms with van der Waals surface area (Å²) in [5.41, 5.74) is 6.06. The second kappa shape index (κ2) is 12.5. The average Bonchev–Trinajstić information content (AvgIpc) is 3.67. The number of anilines is 2. The summed E-state index contributed by atoms with van der Waals surface area (Å²) in [6, 6.07) is 13.6. The molecule has 0 spiro atoms. The molecular weight excluding hydrogens is 671 g/mol. The number of thiazole rings is 1. The zero-order valence-electron chi connectivity index (χ0n) is 30.3. The third-order valence-electron chi connectivity index (χ3n) is 11.7. The molecule has 4 bridgehead atoms. The SMILES string of the molecule is Cc1c(-c2ccc(N3CCc4cccc(C(=O)Nc5nc6cccnc6s5)c4C3)nc2C(=O)OC(C)(C)C)cnn1CC12CC3CC(CC(C3)C1)C2. The van der Waals surface area contributed by atoms with Crippen LogP contribution in [0.15, 0.2) is 54.9 Å². The molecule has 1 aliphatic heterocycles. The number of pyridine rings is 2. The molecule has 4 aliphatic carbocycles. The number of nitrogens with one attached hydrogen (secondary N) is 1. The van der Waals surface area contributed by atoms with E-state index in [0.29, 0.717) is 35.0 Å². The van der Waals surface area contributed by atoms with E-state index < -0.39 is 11.6 Å². The van der Waals surface area contributed by atoms with Crippen LogP contribution in [0.25, 0.3) is 21.5 Å². The summed E-state index contributed by atoms with van der Waals surface area (Å²) in [5, 5.41) is 8.44. The minimum absolute atomic E-state index is 0.212. The van der Waals surface area contributed by atoms with Crippen LogP contribution in [0.2, 0.25) is 0 Å². The third kappa shape index (κ3) is 6.16. The lowest BCUT2D eigenvalue weighted by molar-refractivity contribution is -0.0638. The van der Waals surface area contributed by atoms with Crippen molar-refractivity contribution >= 4 is 44.5 Å². The van der Waals surface area contributed by atoms with E-state index in [4.69, 9.17) is 14.8 Å². The molecule has 0 radical (unpaired) electrons. The van der Waals surface area contributed by atoms with Crippen LogP contribution in [-0.2, 0) is 24.2 Å². The highest BCUT2D eigenvalue weighted by Crippen LogP contribution is 2.60. The van der Waals surface area contributed by atoms with E-state index in [2.05, 4.69) is 37.9 Å². The second-order valence-electron chi connectivity index (χ2n) is 16.7. The number of nitrogens with zero attached hydrogens (tertiary/aromatic N) is 6. The Hall–Kier alpha value is -4.64. The highest BCUT2D eigenvalue weighted by Gasteiger charge is 2.51. The van der Waals surface area contributed by atoms with Crippen molar-refractivity contribution in [3.8, 4) is 11.1 Å². The number of esters is 1. The first-order chi connectivity index (χ1) is 25.0. The van der Waals surface area contributed by atoms with Gasteiger partial charge in [-0.3, -0.25) is 14.8 Å². The maximum atomic E-state index is 13.9. The largest absolute Gasteiger partial charge is 0.455 e. The van der Waals surface area contributed by atoms with Crippen LogP contribution in [0, 0.1) is 30.1 Å². The number of rotatable bonds is 7. The number of hydrogen-bond donors (Lipinski definition) is 1. The van der Waals surface area contributed by atoms with Gasteiger partial charge in [0.25, 0.3) is 5.91 Å². The van der Waals surface area contributed by atoms with E-state index in [1.54, 1.807) is 6.20 Å². The normalized spacial score (nSPS) is 23.5. The van der Waals surface area contributed by atoms with Crippen LogP contribution < -0.4 is 10.2 Å². The van der Waals surface area contributed by atoms with E-state index in [-0.39, 0.29) is 11.6 Å². The molecule has 4 fully saturated rings. The molecular formula is C41H45N7O3S. The first-order valence-electron chi connectivity index (χ1n) is 18.6. The summed E-state index contributed by atoms with van der Waals surface area (Å²) in [7, 11) is 0. The smallest absolute Gasteiger partial charge is 0.358 e. The van der Waals surface area contributed by atoms with Crippen molar-refractivity contribution in [1.29, 1.82) is 0 Å². The van der Waals surface area contributed by atoms with Crippen LogP contribution in [0.1, 0.15) is 97.0 Å². The quantitative estimate of drug-likeness (QED) is 0.168. The molecule has 0 unspecified atom stereocenters. The molecule has 1 N–H and O–H groups in total. The maximum Gasteiger partial charge on any atom is 0.358 e. The van der Waals surface area contributed by atoms with E-state index in [1.165, 1.54) is 49.9 Å². The lowest BCUT2D eigenvalue weighted by Crippen LogP contribution is -2.48. The first-order valence-corrected chi connectivity index (χ1v) is 19.5. The number of hydrogen-bond acceptors (Lipinski definition) is 9. The highest BCUT2D eigenvalue weighted by atomic mass is 32.1. The van der Waals surface area contributed by atoms with Gasteiger partial charge in [-0.05, 0) is 137 Å². The summed E-state index contributed by atoms with van der Waals surface area (Å²) in [5.74, 6) is 2.62. The number of fused-ring (bicyclic) bond motifs is 2. The summed E-state index contributed by atoms with van der Waals surface area (Å²) >= 11 is 1.35. The molecule has 4 saturated carbocycles. The predicted octanol–water partition coefficient (Wildman–Crippen LogP) is 8.24. The molecule has 5 aromatic rings. The van der Waals surface area contributed by atoms with Gasteiger partial charge in [0.05, 0.1) is 6.20 Å². The Balaban J connectivity index is 1.01. The monoisotopic (exact) mass is 715 g/mol. The number of aromatic nitrogens is 5. The molecule has 5 heterocycles. The summed E-state index contributed by atoms with van der Waals surface area (Å²) < 4.78 is 8.13. The van der Waals surface area contributed by atoms with Gasteiger partial charge >= 0.3 is 5.97 Å². The Morgan fingerprint density at radius 2 is 1.75 bits per heavy atom. The van der Waals surface area contributed by atoms with Crippen LogP contribution in [0.3, 0.4) is 0 Å². The predicted molar refractivity (Wildman–Crippen MR) is 203 cm³/mol. The number of amides is 1. The van der Waals surface area contributed by atoms with Crippen molar-refractivity contribution in [3.05, 3.63) is 82.9 Å². The van der Waals surface area contributed by atoms with Crippen molar-refractivity contribution in [3.63, 3.8) is 0 Å². The zero-order valence-corrected chi connectivity index (χ0v) is 31.1. The Morgan fingerprint density at radius 3 is 2.48 bits per heavy atom. The zero-order chi connectivity index (χ0) is 35.8. The van der Waals surface area contributed by atoms with Gasteiger partial charge in [-0.15, -0.1) is 0 Å². The Bertz CT molecular complexity index is 2150. The summed E-state index contributed by atoms with van der Waals surface area (Å²) in [4.78, 5) is 44.4. The molecule has 0 saturated heterocycles. The van der Waals surface area contributed by atoms with Crippen LogP contribution in [-0.4, -0.2) is 48.8 Å². The van der Waals surface area contributed by atoms with Crippen LogP contribution >= 0.6 is 11.3 Å². The maximum absolute atomic E-state index is 13.9. The van der Waals surface area contributed by atoms with Gasteiger partial charge in [-0.2, -0.15) is 5.10 Å². The Morgan fingerprint density at radius 1 is 0.981 bits per heavy atom. The fraction of sp³-hybridized carbons (Fsp3) is 0.463. The third-order valence-corrected chi connectivity index (χ3v) is 12.6. The summed E-state index contributed by atoms with van der Waals surface area (Å²) in [6.07, 6.45) is 12.6. The molecule has 52 heavy (non-hydrogen) atoms. The van der Waals surface area contributed by atoms with E-state index >= 15 is 0 Å². The van der Waals surface area contributed by atoms with Gasteiger partial charge in [0.2, 0.25) is 0 Å². The molecule has 5 aliphatic rings. The van der Waals surface area contributed by atoms with Crippen molar-refractivity contribution in [2.45, 2.75) is 91.3 Å². The van der Waals surface area contributed by atoms with E-state index in [0.717, 1.165) is 69.0 Å². The van der Waals surface area contributed by atoms with Gasteiger partial charge in [0.1, 0.15) is 21.8 Å². The van der Waals surface area contributed by atoms with Gasteiger partial charge in [-0.25, -0.2) is 19.7 Å². The number of carbonyl (C=O) groups is 2. The van der Waals surface area contributed by atoms with Gasteiger partial charge < -0.3 is 9.64 Å². The lowest BCUT2D eigenvalue weighted by Gasteiger charge is -2.56. The summed E-state index contributed by atoms with van der Waals surface area (Å²) in [6.45, 7) is 9.86. The lowest BCUT2D eigenvalue weighted by atomic mass is 9.49. The Kier molecular flexibility index (Phi) is 7.98. The Labute approximate surface area is 308 Å². The number of ether oxygens (including phenoxy) is 1. The molecule has 1 amide bonds. The highest BCUT2D eigenvalue weighted by molar-refractivity contribution is 7.21. The molecule has 11 heteroatoms. The minimum atomic E-state index is -0.685. The van der Waals surface area contributed by atoms with Crippen LogP contribution in [0.4, 0.5) is 10.9 Å². The molecule has 268 valence electrons. The van der Waals surface area contributed by atoms with Crippen molar-refractivity contribution in [2.75, 3.05) is 16.8 Å². The molecule has 10 rings (SSSR count).